The van der Waals surface area contributed by atoms with E-state index in [2.05, 4.69) is 10.3 Å². The number of carbonyl (C=O) groups is 2. The Morgan fingerprint density at radius 1 is 1.40 bits per heavy atom. The Labute approximate surface area is 117 Å². The van der Waals surface area contributed by atoms with E-state index in [0.717, 1.165) is 0 Å². The first-order chi connectivity index (χ1) is 9.51. The highest BCUT2D eigenvalue weighted by molar-refractivity contribution is 7.09. The number of aromatic hydroxyl groups is 1. The lowest BCUT2D eigenvalue weighted by molar-refractivity contribution is 0.0693. The Kier molecular flexibility index (Phi) is 3.97. The first kappa shape index (κ1) is 14.0. The molecular weight excluding hydrogens is 282 g/mol. The van der Waals surface area contributed by atoms with Crippen LogP contribution in [0.15, 0.2) is 23.6 Å². The molecule has 1 aromatic heterocycles. The molecule has 5 N–H and O–H groups in total. The molecule has 0 unspecified atom stereocenters. The van der Waals surface area contributed by atoms with E-state index in [-0.39, 0.29) is 29.2 Å². The molecule has 0 radical (unpaired) electrons. The second kappa shape index (κ2) is 5.68. The van der Waals surface area contributed by atoms with Crippen LogP contribution >= 0.6 is 11.3 Å². The SMILES string of the molecule is NCc1nc(C(=O)Nc2ccc(O)c(C(=O)O)c2)cs1. The Hall–Kier alpha value is -2.45. The number of rotatable bonds is 4. The maximum absolute atomic E-state index is 11.9. The maximum atomic E-state index is 11.9. The number of thiazole rings is 1. The van der Waals surface area contributed by atoms with Gasteiger partial charge in [0.25, 0.3) is 5.91 Å². The number of nitrogens with one attached hydrogen (secondary N) is 1. The molecule has 2 rings (SSSR count). The van der Waals surface area contributed by atoms with Gasteiger partial charge >= 0.3 is 5.97 Å². The number of carboxylic acids is 1. The van der Waals surface area contributed by atoms with Crippen molar-refractivity contribution in [3.05, 3.63) is 39.8 Å². The second-order valence-electron chi connectivity index (χ2n) is 3.82. The van der Waals surface area contributed by atoms with E-state index in [1.165, 1.54) is 29.5 Å². The normalized spacial score (nSPS) is 10.2. The van der Waals surface area contributed by atoms with E-state index in [1.807, 2.05) is 0 Å². The van der Waals surface area contributed by atoms with Crippen LogP contribution in [0.4, 0.5) is 5.69 Å². The van der Waals surface area contributed by atoms with Crippen LogP contribution in [0.5, 0.6) is 5.75 Å². The van der Waals surface area contributed by atoms with Crippen LogP contribution < -0.4 is 11.1 Å². The fraction of sp³-hybridized carbons (Fsp3) is 0.0833. The number of nitrogens with zero attached hydrogens (tertiary/aromatic N) is 1. The highest BCUT2D eigenvalue weighted by Crippen LogP contribution is 2.22. The van der Waals surface area contributed by atoms with Gasteiger partial charge in [0.1, 0.15) is 22.0 Å². The summed E-state index contributed by atoms with van der Waals surface area (Å²) in [5, 5.41) is 23.0. The van der Waals surface area contributed by atoms with Gasteiger partial charge in [-0.1, -0.05) is 0 Å². The third-order valence-electron chi connectivity index (χ3n) is 2.44. The van der Waals surface area contributed by atoms with Crippen LogP contribution in [0, 0.1) is 0 Å². The van der Waals surface area contributed by atoms with E-state index < -0.39 is 11.9 Å². The smallest absolute Gasteiger partial charge is 0.339 e. The van der Waals surface area contributed by atoms with Gasteiger partial charge in [-0.25, -0.2) is 9.78 Å². The monoisotopic (exact) mass is 293 g/mol. The summed E-state index contributed by atoms with van der Waals surface area (Å²) in [6, 6.07) is 3.77. The van der Waals surface area contributed by atoms with Gasteiger partial charge in [0.2, 0.25) is 0 Å². The zero-order valence-electron chi connectivity index (χ0n) is 10.2. The largest absolute Gasteiger partial charge is 0.507 e. The third kappa shape index (κ3) is 2.92. The van der Waals surface area contributed by atoms with Crippen molar-refractivity contribution in [1.29, 1.82) is 0 Å². The highest BCUT2D eigenvalue weighted by Gasteiger charge is 2.14. The fourth-order valence-corrected chi connectivity index (χ4v) is 2.14. The molecule has 0 spiro atoms. The van der Waals surface area contributed by atoms with E-state index in [0.29, 0.717) is 5.01 Å². The molecule has 0 bridgehead atoms. The number of phenols is 1. The topological polar surface area (TPSA) is 126 Å². The number of amides is 1. The molecule has 0 aliphatic carbocycles. The average molecular weight is 293 g/mol. The molecule has 7 nitrogen and oxygen atoms in total. The molecule has 0 saturated heterocycles. The summed E-state index contributed by atoms with van der Waals surface area (Å²) in [5.41, 5.74) is 5.59. The van der Waals surface area contributed by atoms with Gasteiger partial charge in [-0.2, -0.15) is 0 Å². The zero-order valence-corrected chi connectivity index (χ0v) is 11.0. The van der Waals surface area contributed by atoms with Gasteiger partial charge in [-0.05, 0) is 18.2 Å². The predicted molar refractivity (Wildman–Crippen MR) is 73.0 cm³/mol. The van der Waals surface area contributed by atoms with E-state index in [1.54, 1.807) is 5.38 Å². The van der Waals surface area contributed by atoms with Gasteiger partial charge in [-0.15, -0.1) is 11.3 Å². The molecular formula is C12H11N3O4S. The van der Waals surface area contributed by atoms with Crippen LogP contribution in [0.25, 0.3) is 0 Å². The van der Waals surface area contributed by atoms with Gasteiger partial charge < -0.3 is 21.3 Å². The summed E-state index contributed by atoms with van der Waals surface area (Å²) in [6.07, 6.45) is 0. The van der Waals surface area contributed by atoms with Crippen molar-refractivity contribution in [3.63, 3.8) is 0 Å². The number of aromatic carboxylic acids is 1. The molecule has 1 aromatic carbocycles. The van der Waals surface area contributed by atoms with E-state index in [4.69, 9.17) is 10.8 Å². The van der Waals surface area contributed by atoms with Crippen LogP contribution in [0.2, 0.25) is 0 Å². The summed E-state index contributed by atoms with van der Waals surface area (Å²) in [6.45, 7) is 0.250. The first-order valence-corrected chi connectivity index (χ1v) is 6.41. The molecule has 20 heavy (non-hydrogen) atoms. The molecule has 0 atom stereocenters. The first-order valence-electron chi connectivity index (χ1n) is 5.53. The number of benzene rings is 1. The minimum Gasteiger partial charge on any atom is -0.507 e. The standard InChI is InChI=1S/C12H11N3O4S/c13-4-10-15-8(5-20-10)11(17)14-6-1-2-9(16)7(3-6)12(18)19/h1-3,5,16H,4,13H2,(H,14,17)(H,18,19). The minimum absolute atomic E-state index is 0.209. The molecule has 8 heteroatoms. The molecule has 0 aliphatic rings. The number of carboxylic acid groups (broad SMARTS) is 1. The van der Waals surface area contributed by atoms with Crippen LogP contribution in [0.3, 0.4) is 0 Å². The van der Waals surface area contributed by atoms with Crippen molar-refractivity contribution >= 4 is 28.9 Å². The maximum Gasteiger partial charge on any atom is 0.339 e. The number of carbonyl (C=O) groups excluding carboxylic acids is 1. The lowest BCUT2D eigenvalue weighted by atomic mass is 10.2. The van der Waals surface area contributed by atoms with Crippen molar-refractivity contribution in [3.8, 4) is 5.75 Å². The lowest BCUT2D eigenvalue weighted by Crippen LogP contribution is -2.13. The third-order valence-corrected chi connectivity index (χ3v) is 3.31. The molecule has 0 fully saturated rings. The lowest BCUT2D eigenvalue weighted by Gasteiger charge is -2.05. The molecule has 0 aliphatic heterocycles. The Bertz CT molecular complexity index is 668. The summed E-state index contributed by atoms with van der Waals surface area (Å²) in [5.74, 6) is -2.12. The van der Waals surface area contributed by atoms with E-state index in [9.17, 15) is 14.7 Å². The van der Waals surface area contributed by atoms with Gasteiger partial charge in [0.05, 0.1) is 0 Å². The summed E-state index contributed by atoms with van der Waals surface area (Å²) in [4.78, 5) is 26.8. The average Bonchev–Trinajstić information content (AvgIpc) is 2.89. The van der Waals surface area contributed by atoms with Crippen molar-refractivity contribution in [2.24, 2.45) is 5.73 Å². The molecule has 2 aromatic rings. The number of anilines is 1. The van der Waals surface area contributed by atoms with Gasteiger partial charge in [-0.3, -0.25) is 4.79 Å². The number of hydrogen-bond donors (Lipinski definition) is 4. The molecule has 104 valence electrons. The fourth-order valence-electron chi connectivity index (χ4n) is 1.49. The molecule has 1 heterocycles. The summed E-state index contributed by atoms with van der Waals surface area (Å²) < 4.78 is 0. The van der Waals surface area contributed by atoms with Crippen molar-refractivity contribution < 1.29 is 19.8 Å². The van der Waals surface area contributed by atoms with Crippen LogP contribution in [-0.4, -0.2) is 27.1 Å². The Morgan fingerprint density at radius 2 is 2.15 bits per heavy atom. The summed E-state index contributed by atoms with van der Waals surface area (Å²) >= 11 is 1.27. The van der Waals surface area contributed by atoms with Gasteiger partial charge in [0.15, 0.2) is 0 Å². The summed E-state index contributed by atoms with van der Waals surface area (Å²) in [7, 11) is 0. The van der Waals surface area contributed by atoms with Crippen molar-refractivity contribution in [1.82, 2.24) is 4.98 Å². The Balaban J connectivity index is 2.19. The zero-order chi connectivity index (χ0) is 14.7. The quantitative estimate of drug-likeness (QED) is 0.629. The van der Waals surface area contributed by atoms with Crippen molar-refractivity contribution in [2.45, 2.75) is 6.54 Å². The number of nitrogens with two attached hydrogens (primary N) is 1. The second-order valence-corrected chi connectivity index (χ2v) is 4.76. The highest BCUT2D eigenvalue weighted by atomic mass is 32.1. The number of aromatic nitrogens is 1. The molecule has 0 saturated carbocycles. The van der Waals surface area contributed by atoms with E-state index >= 15 is 0 Å². The Morgan fingerprint density at radius 3 is 2.75 bits per heavy atom. The number of hydrogen-bond acceptors (Lipinski definition) is 6. The minimum atomic E-state index is -1.28. The van der Waals surface area contributed by atoms with Crippen LogP contribution in [0.1, 0.15) is 25.9 Å². The predicted octanol–water partition coefficient (Wildman–Crippen LogP) is 1.26. The molecule has 1 amide bonds. The van der Waals surface area contributed by atoms with Gasteiger partial charge in [0, 0.05) is 17.6 Å². The van der Waals surface area contributed by atoms with Crippen LogP contribution in [-0.2, 0) is 6.54 Å². The van der Waals surface area contributed by atoms with Crippen molar-refractivity contribution in [2.75, 3.05) is 5.32 Å².